The molecule has 0 saturated carbocycles. The van der Waals surface area contributed by atoms with Crippen LogP contribution in [-0.4, -0.2) is 25.8 Å². The first-order valence-electron chi connectivity index (χ1n) is 7.44. The Morgan fingerprint density at radius 1 is 1.43 bits per heavy atom. The first-order chi connectivity index (χ1) is 10.2. The summed E-state index contributed by atoms with van der Waals surface area (Å²) in [7, 11) is 0. The van der Waals surface area contributed by atoms with E-state index < -0.39 is 0 Å². The molecule has 1 saturated heterocycles. The number of ether oxygens (including phenoxy) is 3. The number of aldehydes is 1. The molecule has 0 aromatic heterocycles. The number of rotatable bonds is 7. The minimum absolute atomic E-state index is 0.212. The van der Waals surface area contributed by atoms with Crippen molar-refractivity contribution in [3.05, 3.63) is 22.2 Å². The zero-order valence-electron chi connectivity index (χ0n) is 12.3. The van der Waals surface area contributed by atoms with Gasteiger partial charge in [-0.1, -0.05) is 13.3 Å². The molecule has 5 heteroatoms. The molecular formula is C16H21BrO4. The van der Waals surface area contributed by atoms with Gasteiger partial charge in [0, 0.05) is 17.0 Å². The van der Waals surface area contributed by atoms with Crippen molar-refractivity contribution in [1.82, 2.24) is 0 Å². The summed E-state index contributed by atoms with van der Waals surface area (Å²) in [5.74, 6) is 1.21. The fourth-order valence-electron chi connectivity index (χ4n) is 2.15. The quantitative estimate of drug-likeness (QED) is 0.538. The maximum atomic E-state index is 11.2. The second kappa shape index (κ2) is 8.39. The number of carbonyl (C=O) groups is 1. The van der Waals surface area contributed by atoms with Crippen LogP contribution in [0.3, 0.4) is 0 Å². The van der Waals surface area contributed by atoms with Crippen molar-refractivity contribution in [3.63, 3.8) is 0 Å². The molecular weight excluding hydrogens is 336 g/mol. The number of unbranched alkanes of at least 4 members (excludes halogenated alkanes) is 1. The highest BCUT2D eigenvalue weighted by molar-refractivity contribution is 9.10. The molecule has 1 aliphatic rings. The molecule has 1 heterocycles. The van der Waals surface area contributed by atoms with Crippen LogP contribution >= 0.6 is 15.9 Å². The topological polar surface area (TPSA) is 44.8 Å². The van der Waals surface area contributed by atoms with E-state index in [1.165, 1.54) is 0 Å². The van der Waals surface area contributed by atoms with Crippen LogP contribution in [0.25, 0.3) is 0 Å². The Labute approximate surface area is 133 Å². The zero-order chi connectivity index (χ0) is 15.1. The van der Waals surface area contributed by atoms with Crippen LogP contribution in [0.5, 0.6) is 11.5 Å². The average Bonchev–Trinajstić information content (AvgIpc) is 2.48. The third-order valence-corrected chi connectivity index (χ3v) is 4.00. The van der Waals surface area contributed by atoms with E-state index >= 15 is 0 Å². The summed E-state index contributed by atoms with van der Waals surface area (Å²) in [6.07, 6.45) is 5.66. The summed E-state index contributed by atoms with van der Waals surface area (Å²) in [6.45, 7) is 3.42. The van der Waals surface area contributed by atoms with Gasteiger partial charge in [-0.05, 0) is 41.3 Å². The highest BCUT2D eigenvalue weighted by Gasteiger charge is 2.17. The number of benzene rings is 1. The van der Waals surface area contributed by atoms with Crippen LogP contribution in [0.15, 0.2) is 16.6 Å². The van der Waals surface area contributed by atoms with Gasteiger partial charge in [0.2, 0.25) is 0 Å². The lowest BCUT2D eigenvalue weighted by Crippen LogP contribution is -2.25. The molecule has 0 spiro atoms. The molecule has 1 atom stereocenters. The summed E-state index contributed by atoms with van der Waals surface area (Å²) >= 11 is 3.40. The Morgan fingerprint density at radius 2 is 2.29 bits per heavy atom. The molecule has 116 valence electrons. The molecule has 2 rings (SSSR count). The molecule has 1 aliphatic heterocycles. The van der Waals surface area contributed by atoms with Gasteiger partial charge in [0.15, 0.2) is 12.6 Å². The molecule has 0 radical (unpaired) electrons. The van der Waals surface area contributed by atoms with E-state index in [4.69, 9.17) is 14.2 Å². The standard InChI is InChI=1S/C16H21BrO4/c1-2-3-7-19-15-10-12(9-14(17)13(15)11-18)21-16-6-4-5-8-20-16/h9-11,16H,2-8H2,1H3. The first-order valence-corrected chi connectivity index (χ1v) is 8.23. The smallest absolute Gasteiger partial charge is 0.199 e. The monoisotopic (exact) mass is 356 g/mol. The summed E-state index contributed by atoms with van der Waals surface area (Å²) in [5, 5.41) is 0. The lowest BCUT2D eigenvalue weighted by atomic mass is 10.2. The van der Waals surface area contributed by atoms with Gasteiger partial charge in [0.25, 0.3) is 0 Å². The molecule has 0 N–H and O–H groups in total. The van der Waals surface area contributed by atoms with Gasteiger partial charge in [-0.2, -0.15) is 0 Å². The third-order valence-electron chi connectivity index (χ3n) is 3.34. The summed E-state index contributed by atoms with van der Waals surface area (Å²) in [5.41, 5.74) is 0.517. The SMILES string of the molecule is CCCCOc1cc(OC2CCCCO2)cc(Br)c1C=O. The molecule has 0 aliphatic carbocycles. The highest BCUT2D eigenvalue weighted by atomic mass is 79.9. The van der Waals surface area contributed by atoms with Crippen LogP contribution in [0, 0.1) is 0 Å². The lowest BCUT2D eigenvalue weighted by Gasteiger charge is -2.24. The van der Waals surface area contributed by atoms with Crippen LogP contribution < -0.4 is 9.47 Å². The van der Waals surface area contributed by atoms with Gasteiger partial charge < -0.3 is 14.2 Å². The number of hydrogen-bond acceptors (Lipinski definition) is 4. The zero-order valence-corrected chi connectivity index (χ0v) is 13.9. The fraction of sp³-hybridized carbons (Fsp3) is 0.562. The van der Waals surface area contributed by atoms with E-state index in [9.17, 15) is 4.79 Å². The summed E-state index contributed by atoms with van der Waals surface area (Å²) in [4.78, 5) is 11.2. The van der Waals surface area contributed by atoms with E-state index in [1.807, 2.05) is 0 Å². The second-order valence-corrected chi connectivity index (χ2v) is 5.91. The van der Waals surface area contributed by atoms with Gasteiger partial charge in [-0.3, -0.25) is 4.79 Å². The highest BCUT2D eigenvalue weighted by Crippen LogP contribution is 2.32. The van der Waals surface area contributed by atoms with Crippen molar-refractivity contribution in [2.24, 2.45) is 0 Å². The van der Waals surface area contributed by atoms with E-state index in [0.29, 0.717) is 28.1 Å². The fourth-order valence-corrected chi connectivity index (χ4v) is 2.67. The Bertz CT molecular complexity index is 470. The molecule has 1 aromatic carbocycles. The van der Waals surface area contributed by atoms with Crippen LogP contribution in [-0.2, 0) is 4.74 Å². The van der Waals surface area contributed by atoms with Crippen LogP contribution in [0.1, 0.15) is 49.4 Å². The molecule has 0 bridgehead atoms. The predicted molar refractivity (Wildman–Crippen MR) is 84.2 cm³/mol. The molecule has 0 amide bonds. The second-order valence-electron chi connectivity index (χ2n) is 5.05. The van der Waals surface area contributed by atoms with Crippen molar-refractivity contribution in [2.75, 3.05) is 13.2 Å². The van der Waals surface area contributed by atoms with E-state index in [-0.39, 0.29) is 6.29 Å². The van der Waals surface area contributed by atoms with Gasteiger partial charge >= 0.3 is 0 Å². The normalized spacial score (nSPS) is 18.3. The van der Waals surface area contributed by atoms with Gasteiger partial charge in [0.05, 0.1) is 18.8 Å². The van der Waals surface area contributed by atoms with Crippen molar-refractivity contribution in [3.8, 4) is 11.5 Å². The number of hydrogen-bond donors (Lipinski definition) is 0. The Kier molecular flexibility index (Phi) is 6.51. The molecule has 21 heavy (non-hydrogen) atoms. The number of carbonyl (C=O) groups excluding carboxylic acids is 1. The lowest BCUT2D eigenvalue weighted by molar-refractivity contribution is -0.106. The van der Waals surface area contributed by atoms with Crippen molar-refractivity contribution in [2.45, 2.75) is 45.3 Å². The largest absolute Gasteiger partial charge is 0.493 e. The Hall–Kier alpha value is -1.07. The summed E-state index contributed by atoms with van der Waals surface area (Å²) < 4.78 is 17.8. The van der Waals surface area contributed by atoms with Crippen LogP contribution in [0.2, 0.25) is 0 Å². The Balaban J connectivity index is 2.11. The maximum Gasteiger partial charge on any atom is 0.199 e. The van der Waals surface area contributed by atoms with Gasteiger partial charge in [-0.15, -0.1) is 0 Å². The van der Waals surface area contributed by atoms with E-state index in [0.717, 1.165) is 45.0 Å². The molecule has 1 fully saturated rings. The third kappa shape index (κ3) is 4.71. The van der Waals surface area contributed by atoms with Crippen molar-refractivity contribution in [1.29, 1.82) is 0 Å². The van der Waals surface area contributed by atoms with Gasteiger partial charge in [0.1, 0.15) is 11.5 Å². The average molecular weight is 357 g/mol. The molecule has 4 nitrogen and oxygen atoms in total. The first kappa shape index (κ1) is 16.3. The maximum absolute atomic E-state index is 11.2. The molecule has 1 aromatic rings. The van der Waals surface area contributed by atoms with Crippen LogP contribution in [0.4, 0.5) is 0 Å². The predicted octanol–water partition coefficient (Wildman–Crippen LogP) is 4.35. The van der Waals surface area contributed by atoms with Gasteiger partial charge in [-0.25, -0.2) is 0 Å². The minimum atomic E-state index is -0.212. The molecule has 1 unspecified atom stereocenters. The minimum Gasteiger partial charge on any atom is -0.493 e. The van der Waals surface area contributed by atoms with E-state index in [1.54, 1.807) is 12.1 Å². The van der Waals surface area contributed by atoms with E-state index in [2.05, 4.69) is 22.9 Å². The Morgan fingerprint density at radius 3 is 2.95 bits per heavy atom. The number of halogens is 1. The van der Waals surface area contributed by atoms with Crippen molar-refractivity contribution < 1.29 is 19.0 Å². The summed E-state index contributed by atoms with van der Waals surface area (Å²) in [6, 6.07) is 3.55. The van der Waals surface area contributed by atoms with Crippen molar-refractivity contribution >= 4 is 22.2 Å².